The molecule has 0 unspecified atom stereocenters. The molecule has 10 aromatic rings. The summed E-state index contributed by atoms with van der Waals surface area (Å²) in [5.74, 6) is 0. The summed E-state index contributed by atoms with van der Waals surface area (Å²) in [7, 11) is 0. The Morgan fingerprint density at radius 2 is 0.900 bits per heavy atom. The van der Waals surface area contributed by atoms with Crippen molar-refractivity contribution in [2.75, 3.05) is 0 Å². The van der Waals surface area contributed by atoms with Crippen molar-refractivity contribution in [3.05, 3.63) is 188 Å². The van der Waals surface area contributed by atoms with Gasteiger partial charge in [0.1, 0.15) is 0 Å². The van der Waals surface area contributed by atoms with Gasteiger partial charge in [-0.1, -0.05) is 133 Å². The molecular weight excluding hydrogens is 623 g/mol. The summed E-state index contributed by atoms with van der Waals surface area (Å²) >= 11 is 1.89. The lowest BCUT2D eigenvalue weighted by atomic mass is 9.93. The minimum Gasteiger partial charge on any atom is -0.309 e. The van der Waals surface area contributed by atoms with Crippen LogP contribution in [0.5, 0.6) is 0 Å². The van der Waals surface area contributed by atoms with E-state index in [0.717, 1.165) is 5.69 Å². The summed E-state index contributed by atoms with van der Waals surface area (Å²) in [6, 6.07) is 68.6. The average molecular weight is 654 g/mol. The number of fused-ring (bicyclic) bond motifs is 6. The van der Waals surface area contributed by atoms with Crippen LogP contribution < -0.4 is 0 Å². The number of thiophene rings is 1. The molecule has 50 heavy (non-hydrogen) atoms. The molecule has 1 nitrogen and oxygen atoms in total. The van der Waals surface area contributed by atoms with Gasteiger partial charge in [0.25, 0.3) is 0 Å². The molecule has 0 spiro atoms. The Labute approximate surface area is 295 Å². The molecule has 234 valence electrons. The summed E-state index contributed by atoms with van der Waals surface area (Å²) in [4.78, 5) is 0. The number of hydrogen-bond acceptors (Lipinski definition) is 1. The van der Waals surface area contributed by atoms with Crippen LogP contribution in [0.2, 0.25) is 0 Å². The van der Waals surface area contributed by atoms with E-state index in [1.54, 1.807) is 0 Å². The van der Waals surface area contributed by atoms with Crippen LogP contribution in [-0.2, 0) is 0 Å². The summed E-state index contributed by atoms with van der Waals surface area (Å²) < 4.78 is 5.10. The molecule has 0 N–H and O–H groups in total. The summed E-state index contributed by atoms with van der Waals surface area (Å²) in [5.41, 5.74) is 13.4. The molecule has 0 aliphatic carbocycles. The molecule has 0 saturated carbocycles. The number of aromatic nitrogens is 1. The van der Waals surface area contributed by atoms with Gasteiger partial charge in [0.15, 0.2) is 0 Å². The highest BCUT2D eigenvalue weighted by Gasteiger charge is 2.16. The molecule has 2 heterocycles. The third-order valence-corrected chi connectivity index (χ3v) is 11.2. The Balaban J connectivity index is 1.14. The molecule has 0 fully saturated rings. The van der Waals surface area contributed by atoms with Crippen molar-refractivity contribution in [3.63, 3.8) is 0 Å². The van der Waals surface area contributed by atoms with Gasteiger partial charge in [0, 0.05) is 36.6 Å². The summed E-state index contributed by atoms with van der Waals surface area (Å²) in [5, 5.41) is 5.18. The second-order valence-electron chi connectivity index (χ2n) is 12.9. The van der Waals surface area contributed by atoms with Crippen LogP contribution >= 0.6 is 11.3 Å². The van der Waals surface area contributed by atoms with Crippen molar-refractivity contribution in [1.29, 1.82) is 0 Å². The molecule has 0 atom stereocenters. The summed E-state index contributed by atoms with van der Waals surface area (Å²) in [6.07, 6.45) is 0. The standard InChI is InChI=1S/C48H31NS/c1-3-13-32(14-4-1)36-27-37(33-15-5-2-6-16-33)29-38(28-36)34-17-11-18-39(30-34)49-45-23-9-7-19-41(45)44-31-35(25-26-46(44)49)40-21-12-22-43-42-20-8-10-24-47(42)50-48(40)43/h1-31H. The first kappa shape index (κ1) is 28.8. The zero-order valence-corrected chi connectivity index (χ0v) is 28.1. The van der Waals surface area contributed by atoms with Gasteiger partial charge in [0.2, 0.25) is 0 Å². The molecule has 2 heteroatoms. The lowest BCUT2D eigenvalue weighted by Gasteiger charge is -2.14. The highest BCUT2D eigenvalue weighted by molar-refractivity contribution is 7.26. The van der Waals surface area contributed by atoms with Gasteiger partial charge in [0.05, 0.1) is 11.0 Å². The maximum Gasteiger partial charge on any atom is 0.0541 e. The van der Waals surface area contributed by atoms with Crippen LogP contribution in [0.1, 0.15) is 0 Å². The third-order valence-electron chi connectivity index (χ3n) is 9.97. The Morgan fingerprint density at radius 1 is 0.320 bits per heavy atom. The minimum atomic E-state index is 1.15. The highest BCUT2D eigenvalue weighted by Crippen LogP contribution is 2.42. The smallest absolute Gasteiger partial charge is 0.0541 e. The molecule has 0 aliphatic rings. The molecule has 10 rings (SSSR count). The van der Waals surface area contributed by atoms with Crippen LogP contribution in [0.4, 0.5) is 0 Å². The van der Waals surface area contributed by atoms with E-state index in [1.165, 1.54) is 86.5 Å². The highest BCUT2D eigenvalue weighted by atomic mass is 32.1. The topological polar surface area (TPSA) is 4.93 Å². The fourth-order valence-electron chi connectivity index (χ4n) is 7.61. The van der Waals surface area contributed by atoms with Gasteiger partial charge in [-0.25, -0.2) is 0 Å². The van der Waals surface area contributed by atoms with Crippen molar-refractivity contribution in [2.24, 2.45) is 0 Å². The van der Waals surface area contributed by atoms with E-state index >= 15 is 0 Å². The Kier molecular flexibility index (Phi) is 6.75. The number of rotatable bonds is 5. The van der Waals surface area contributed by atoms with Crippen molar-refractivity contribution < 1.29 is 0 Å². The van der Waals surface area contributed by atoms with Gasteiger partial charge >= 0.3 is 0 Å². The van der Waals surface area contributed by atoms with E-state index in [9.17, 15) is 0 Å². The SMILES string of the molecule is c1ccc(-c2cc(-c3ccccc3)cc(-c3cccc(-n4c5ccccc5c5cc(-c6cccc7c6sc6ccccc67)ccc54)c3)c2)cc1. The normalized spacial score (nSPS) is 11.6. The van der Waals surface area contributed by atoms with Crippen LogP contribution in [0, 0.1) is 0 Å². The Morgan fingerprint density at radius 3 is 1.66 bits per heavy atom. The van der Waals surface area contributed by atoms with Crippen LogP contribution in [0.25, 0.3) is 92.2 Å². The zero-order valence-electron chi connectivity index (χ0n) is 27.3. The fraction of sp³-hybridized carbons (Fsp3) is 0. The maximum absolute atomic E-state index is 2.43. The largest absolute Gasteiger partial charge is 0.309 e. The van der Waals surface area contributed by atoms with Gasteiger partial charge < -0.3 is 4.57 Å². The van der Waals surface area contributed by atoms with Gasteiger partial charge in [-0.15, -0.1) is 11.3 Å². The second-order valence-corrected chi connectivity index (χ2v) is 14.0. The Hall–Kier alpha value is -6.22. The van der Waals surface area contributed by atoms with E-state index in [2.05, 4.69) is 193 Å². The zero-order chi connectivity index (χ0) is 33.0. The lowest BCUT2D eigenvalue weighted by molar-refractivity contribution is 1.18. The molecule has 8 aromatic carbocycles. The number of nitrogens with zero attached hydrogens (tertiary/aromatic N) is 1. The predicted molar refractivity (Wildman–Crippen MR) is 215 cm³/mol. The van der Waals surface area contributed by atoms with Crippen LogP contribution in [0.15, 0.2) is 188 Å². The van der Waals surface area contributed by atoms with E-state index in [-0.39, 0.29) is 0 Å². The number of hydrogen-bond donors (Lipinski definition) is 0. The molecular formula is C48H31NS. The van der Waals surface area contributed by atoms with Crippen LogP contribution in [-0.4, -0.2) is 4.57 Å². The second kappa shape index (κ2) is 11.7. The first-order valence-corrected chi connectivity index (χ1v) is 17.9. The number of para-hydroxylation sites is 1. The number of benzene rings is 8. The molecule has 0 bridgehead atoms. The summed E-state index contributed by atoms with van der Waals surface area (Å²) in [6.45, 7) is 0. The van der Waals surface area contributed by atoms with Crippen molar-refractivity contribution >= 4 is 53.3 Å². The maximum atomic E-state index is 2.43. The molecule has 0 amide bonds. The quantitative estimate of drug-likeness (QED) is 0.174. The van der Waals surface area contributed by atoms with E-state index < -0.39 is 0 Å². The van der Waals surface area contributed by atoms with Crippen molar-refractivity contribution in [1.82, 2.24) is 4.57 Å². The molecule has 0 radical (unpaired) electrons. The van der Waals surface area contributed by atoms with Gasteiger partial charge in [-0.3, -0.25) is 0 Å². The third kappa shape index (κ3) is 4.76. The van der Waals surface area contributed by atoms with Gasteiger partial charge in [-0.2, -0.15) is 0 Å². The first-order chi connectivity index (χ1) is 24.8. The lowest BCUT2D eigenvalue weighted by Crippen LogP contribution is -1.94. The van der Waals surface area contributed by atoms with E-state index in [0.29, 0.717) is 0 Å². The molecule has 2 aromatic heterocycles. The van der Waals surface area contributed by atoms with Gasteiger partial charge in [-0.05, 0) is 99.1 Å². The first-order valence-electron chi connectivity index (χ1n) is 17.1. The predicted octanol–water partition coefficient (Wildman–Crippen LogP) is 13.8. The fourth-order valence-corrected chi connectivity index (χ4v) is 8.84. The van der Waals surface area contributed by atoms with Crippen molar-refractivity contribution in [3.8, 4) is 50.2 Å². The average Bonchev–Trinajstić information content (AvgIpc) is 3.74. The minimum absolute atomic E-state index is 1.15. The van der Waals surface area contributed by atoms with E-state index in [4.69, 9.17) is 0 Å². The van der Waals surface area contributed by atoms with Crippen LogP contribution in [0.3, 0.4) is 0 Å². The van der Waals surface area contributed by atoms with Crippen molar-refractivity contribution in [2.45, 2.75) is 0 Å². The molecule has 0 saturated heterocycles. The monoisotopic (exact) mass is 653 g/mol. The molecule has 0 aliphatic heterocycles. The van der Waals surface area contributed by atoms with E-state index in [1.807, 2.05) is 11.3 Å². The Bertz CT molecular complexity index is 2800.